The highest BCUT2D eigenvalue weighted by atomic mass is 32.2. The summed E-state index contributed by atoms with van der Waals surface area (Å²) in [7, 11) is -3.54. The average molecular weight is 305 g/mol. The Morgan fingerprint density at radius 1 is 1.47 bits per heavy atom. The van der Waals surface area contributed by atoms with Crippen LogP contribution in [-0.4, -0.2) is 49.9 Å². The zero-order chi connectivity index (χ0) is 13.9. The van der Waals surface area contributed by atoms with Crippen LogP contribution in [0.3, 0.4) is 0 Å². The van der Waals surface area contributed by atoms with Crippen LogP contribution in [-0.2, 0) is 19.6 Å². The number of carbonyl (C=O) groups is 1. The molecule has 0 atom stereocenters. The number of sulfonamides is 1. The van der Waals surface area contributed by atoms with Crippen molar-refractivity contribution in [2.75, 3.05) is 31.6 Å². The lowest BCUT2D eigenvalue weighted by atomic mass is 10.5. The van der Waals surface area contributed by atoms with Crippen LogP contribution >= 0.6 is 11.3 Å². The molecule has 0 aliphatic carbocycles. The molecule has 1 aromatic rings. The Bertz CT molecular complexity index is 547. The van der Waals surface area contributed by atoms with Gasteiger partial charge in [-0.3, -0.25) is 4.79 Å². The van der Waals surface area contributed by atoms with E-state index in [4.69, 9.17) is 4.74 Å². The van der Waals surface area contributed by atoms with Gasteiger partial charge in [-0.15, -0.1) is 0 Å². The first-order valence-corrected chi connectivity index (χ1v) is 8.07. The predicted molar refractivity (Wildman–Crippen MR) is 70.6 cm³/mol. The van der Waals surface area contributed by atoms with Gasteiger partial charge in [0.25, 0.3) is 10.0 Å². The Hall–Kier alpha value is -1.03. The molecule has 9 heteroatoms. The molecule has 0 saturated carbocycles. The Kier molecular flexibility index (Phi) is 4.50. The van der Waals surface area contributed by atoms with Gasteiger partial charge in [-0.05, 0) is 6.42 Å². The van der Waals surface area contributed by atoms with Crippen LogP contribution in [0.5, 0.6) is 0 Å². The highest BCUT2D eigenvalue weighted by Gasteiger charge is 2.27. The largest absolute Gasteiger partial charge is 0.380 e. The monoisotopic (exact) mass is 305 g/mol. The molecule has 1 aromatic heterocycles. The molecule has 1 aliphatic heterocycles. The number of rotatable bonds is 3. The Morgan fingerprint density at radius 3 is 3.00 bits per heavy atom. The zero-order valence-electron chi connectivity index (χ0n) is 10.5. The number of carbonyl (C=O) groups excluding carboxylic acids is 1. The first-order chi connectivity index (χ1) is 9.00. The van der Waals surface area contributed by atoms with Crippen molar-refractivity contribution in [2.24, 2.45) is 0 Å². The molecule has 2 rings (SSSR count). The van der Waals surface area contributed by atoms with Crippen molar-refractivity contribution >= 4 is 32.4 Å². The topological polar surface area (TPSA) is 88.6 Å². The number of hydrogen-bond donors (Lipinski definition) is 1. The average Bonchev–Trinajstić information content (AvgIpc) is 2.64. The minimum absolute atomic E-state index is 0.137. The van der Waals surface area contributed by atoms with Gasteiger partial charge in [0, 0.05) is 26.6 Å². The van der Waals surface area contributed by atoms with Crippen LogP contribution in [0.1, 0.15) is 13.3 Å². The number of nitrogens with one attached hydrogen (secondary N) is 1. The molecule has 1 fully saturated rings. The number of anilines is 1. The summed E-state index contributed by atoms with van der Waals surface area (Å²) >= 11 is 0.955. The van der Waals surface area contributed by atoms with Crippen LogP contribution < -0.4 is 5.32 Å². The van der Waals surface area contributed by atoms with Gasteiger partial charge in [-0.2, -0.15) is 4.31 Å². The lowest BCUT2D eigenvalue weighted by Crippen LogP contribution is -2.32. The molecule has 2 heterocycles. The van der Waals surface area contributed by atoms with Gasteiger partial charge in [-0.25, -0.2) is 13.4 Å². The van der Waals surface area contributed by atoms with Gasteiger partial charge in [0.1, 0.15) is 0 Å². The fraction of sp³-hybridized carbons (Fsp3) is 0.600. The number of ether oxygens (including phenoxy) is 1. The molecular weight excluding hydrogens is 290 g/mol. The molecular formula is C10H15N3O4S2. The summed E-state index contributed by atoms with van der Waals surface area (Å²) in [5.74, 6) is -0.276. The van der Waals surface area contributed by atoms with E-state index in [1.165, 1.54) is 17.4 Å². The molecule has 7 nitrogen and oxygen atoms in total. The molecule has 0 bridgehead atoms. The number of nitrogens with zero attached hydrogens (tertiary/aromatic N) is 2. The minimum atomic E-state index is -3.54. The van der Waals surface area contributed by atoms with Gasteiger partial charge in [0.15, 0.2) is 9.34 Å². The van der Waals surface area contributed by atoms with Crippen molar-refractivity contribution in [3.05, 3.63) is 6.20 Å². The molecule has 0 spiro atoms. The van der Waals surface area contributed by atoms with Gasteiger partial charge in [-0.1, -0.05) is 11.3 Å². The third kappa shape index (κ3) is 3.50. The number of amides is 1. The van der Waals surface area contributed by atoms with Crippen LogP contribution in [0.4, 0.5) is 5.13 Å². The number of aromatic nitrogens is 1. The highest BCUT2D eigenvalue weighted by molar-refractivity contribution is 7.91. The van der Waals surface area contributed by atoms with Gasteiger partial charge in [0.2, 0.25) is 5.91 Å². The number of hydrogen-bond acceptors (Lipinski definition) is 6. The Morgan fingerprint density at radius 2 is 2.26 bits per heavy atom. The van der Waals surface area contributed by atoms with Crippen molar-refractivity contribution < 1.29 is 17.9 Å². The summed E-state index contributed by atoms with van der Waals surface area (Å²) in [5.41, 5.74) is 0. The summed E-state index contributed by atoms with van der Waals surface area (Å²) in [6.07, 6.45) is 1.95. The molecule has 0 unspecified atom stereocenters. The molecule has 0 radical (unpaired) electrons. The van der Waals surface area contributed by atoms with Crippen molar-refractivity contribution in [1.29, 1.82) is 0 Å². The summed E-state index contributed by atoms with van der Waals surface area (Å²) in [6, 6.07) is 0. The maximum absolute atomic E-state index is 12.4. The van der Waals surface area contributed by atoms with Crippen LogP contribution in [0, 0.1) is 0 Å². The molecule has 1 amide bonds. The number of thiazole rings is 1. The minimum Gasteiger partial charge on any atom is -0.380 e. The lowest BCUT2D eigenvalue weighted by Gasteiger charge is -2.17. The third-order valence-corrected chi connectivity index (χ3v) is 5.79. The molecule has 1 saturated heterocycles. The van der Waals surface area contributed by atoms with Gasteiger partial charge >= 0.3 is 0 Å². The highest BCUT2D eigenvalue weighted by Crippen LogP contribution is 2.26. The maximum Gasteiger partial charge on any atom is 0.254 e. The summed E-state index contributed by atoms with van der Waals surface area (Å²) < 4.78 is 31.5. The van der Waals surface area contributed by atoms with E-state index in [0.29, 0.717) is 32.7 Å². The van der Waals surface area contributed by atoms with Gasteiger partial charge in [0.05, 0.1) is 12.8 Å². The van der Waals surface area contributed by atoms with E-state index in [2.05, 4.69) is 10.3 Å². The first-order valence-electron chi connectivity index (χ1n) is 5.81. The van der Waals surface area contributed by atoms with E-state index in [1.54, 1.807) is 0 Å². The maximum atomic E-state index is 12.4. The fourth-order valence-corrected chi connectivity index (χ4v) is 4.37. The van der Waals surface area contributed by atoms with Crippen molar-refractivity contribution in [1.82, 2.24) is 9.29 Å². The summed E-state index contributed by atoms with van der Waals surface area (Å²) in [4.78, 5) is 14.8. The van der Waals surface area contributed by atoms with Crippen LogP contribution in [0.15, 0.2) is 10.4 Å². The molecule has 1 N–H and O–H groups in total. The second kappa shape index (κ2) is 5.95. The van der Waals surface area contributed by atoms with E-state index < -0.39 is 10.0 Å². The standard InChI is InChI=1S/C10H15N3O4S2/c1-8(14)12-10-11-7-9(18-10)19(15,16)13-3-2-5-17-6-4-13/h7H,2-6H2,1H3,(H,11,12,14). The smallest absolute Gasteiger partial charge is 0.254 e. The molecule has 0 aromatic carbocycles. The second-order valence-electron chi connectivity index (χ2n) is 4.04. The molecule has 1 aliphatic rings. The van der Waals surface area contributed by atoms with E-state index in [1.807, 2.05) is 0 Å². The summed E-state index contributed by atoms with van der Waals surface area (Å²) in [5, 5.41) is 2.76. The van der Waals surface area contributed by atoms with E-state index in [-0.39, 0.29) is 15.2 Å². The van der Waals surface area contributed by atoms with Crippen LogP contribution in [0.2, 0.25) is 0 Å². The fourth-order valence-electron chi connectivity index (χ4n) is 1.68. The van der Waals surface area contributed by atoms with E-state index in [9.17, 15) is 13.2 Å². The first kappa shape index (κ1) is 14.4. The second-order valence-corrected chi connectivity index (χ2v) is 7.23. The normalized spacial score (nSPS) is 17.9. The Balaban J connectivity index is 2.18. The molecule has 106 valence electrons. The van der Waals surface area contributed by atoms with Crippen LogP contribution in [0.25, 0.3) is 0 Å². The predicted octanol–water partition coefficient (Wildman–Crippen LogP) is 0.512. The van der Waals surface area contributed by atoms with E-state index in [0.717, 1.165) is 11.3 Å². The van der Waals surface area contributed by atoms with Crippen molar-refractivity contribution in [2.45, 2.75) is 17.6 Å². The van der Waals surface area contributed by atoms with Gasteiger partial charge < -0.3 is 10.1 Å². The quantitative estimate of drug-likeness (QED) is 0.879. The molecule has 19 heavy (non-hydrogen) atoms. The van der Waals surface area contributed by atoms with Crippen molar-refractivity contribution in [3.8, 4) is 0 Å². The van der Waals surface area contributed by atoms with E-state index >= 15 is 0 Å². The zero-order valence-corrected chi connectivity index (χ0v) is 12.1. The summed E-state index contributed by atoms with van der Waals surface area (Å²) in [6.45, 7) is 3.11. The third-order valence-electron chi connectivity index (χ3n) is 2.54. The lowest BCUT2D eigenvalue weighted by molar-refractivity contribution is -0.114. The SMILES string of the molecule is CC(=O)Nc1ncc(S(=O)(=O)N2CCCOCC2)s1. The van der Waals surface area contributed by atoms with Crippen molar-refractivity contribution in [3.63, 3.8) is 0 Å². The Labute approximate surface area is 115 Å².